The Kier molecular flexibility index (Phi) is 4.90. The fourth-order valence-corrected chi connectivity index (χ4v) is 3.54. The molecule has 0 saturated carbocycles. The highest BCUT2D eigenvalue weighted by molar-refractivity contribution is 7.14. The van der Waals surface area contributed by atoms with Gasteiger partial charge in [0.15, 0.2) is 10.9 Å². The van der Waals surface area contributed by atoms with Crippen molar-refractivity contribution in [2.24, 2.45) is 0 Å². The maximum atomic E-state index is 12.4. The smallest absolute Gasteiger partial charge is 0.293 e. The summed E-state index contributed by atoms with van der Waals surface area (Å²) in [4.78, 5) is 33.2. The molecule has 2 N–H and O–H groups in total. The quantitative estimate of drug-likeness (QED) is 0.520. The average Bonchev–Trinajstić information content (AvgIpc) is 3.41. The summed E-state index contributed by atoms with van der Waals surface area (Å²) in [6.45, 7) is 2.69. The van der Waals surface area contributed by atoms with Crippen LogP contribution in [0.4, 0.5) is 11.1 Å². The number of thiazole rings is 1. The fourth-order valence-electron chi connectivity index (χ4n) is 2.84. The number of aryl methyl sites for hydroxylation is 1. The number of imidazole rings is 1. The molecule has 0 unspecified atom stereocenters. The van der Waals surface area contributed by atoms with Crippen LogP contribution >= 0.6 is 11.3 Å². The molecule has 4 aromatic rings. The maximum absolute atomic E-state index is 12.4. The number of anilines is 2. The van der Waals surface area contributed by atoms with Crippen molar-refractivity contribution < 1.29 is 14.0 Å². The first kappa shape index (κ1) is 17.9. The highest BCUT2D eigenvalue weighted by Crippen LogP contribution is 2.20. The van der Waals surface area contributed by atoms with Gasteiger partial charge >= 0.3 is 0 Å². The van der Waals surface area contributed by atoms with Crippen LogP contribution in [0.1, 0.15) is 23.2 Å². The molecular formula is C19H17N5O3S. The van der Waals surface area contributed by atoms with Crippen molar-refractivity contribution >= 4 is 45.3 Å². The van der Waals surface area contributed by atoms with Gasteiger partial charge in [0.1, 0.15) is 0 Å². The monoisotopic (exact) mass is 395 g/mol. The number of amides is 2. The van der Waals surface area contributed by atoms with Crippen molar-refractivity contribution in [3.63, 3.8) is 0 Å². The second-order valence-electron chi connectivity index (χ2n) is 5.97. The molecule has 8 nitrogen and oxygen atoms in total. The highest BCUT2D eigenvalue weighted by Gasteiger charge is 2.15. The standard InChI is InChI=1S/C19H17N5O3S/c1-2-24-14-7-4-3-6-13(14)21-18(24)22-16(25)10-12-11-28-19(20-12)23-17(26)15-8-5-9-27-15/h3-9,11H,2,10H2,1H3,(H,20,23,26)(H,21,22,25). The molecule has 0 spiro atoms. The van der Waals surface area contributed by atoms with Gasteiger partial charge in [-0.1, -0.05) is 12.1 Å². The zero-order valence-corrected chi connectivity index (χ0v) is 15.8. The number of aromatic nitrogens is 3. The lowest BCUT2D eigenvalue weighted by atomic mass is 10.3. The van der Waals surface area contributed by atoms with Crippen molar-refractivity contribution in [3.8, 4) is 0 Å². The first-order valence-corrected chi connectivity index (χ1v) is 9.56. The minimum Gasteiger partial charge on any atom is -0.459 e. The number of hydrogen-bond acceptors (Lipinski definition) is 6. The van der Waals surface area contributed by atoms with E-state index in [1.165, 1.54) is 17.6 Å². The summed E-state index contributed by atoms with van der Waals surface area (Å²) < 4.78 is 6.99. The van der Waals surface area contributed by atoms with Crippen molar-refractivity contribution in [2.75, 3.05) is 10.6 Å². The Balaban J connectivity index is 1.42. The van der Waals surface area contributed by atoms with Crippen molar-refractivity contribution in [1.29, 1.82) is 0 Å². The van der Waals surface area contributed by atoms with Gasteiger partial charge in [-0.2, -0.15) is 0 Å². The molecule has 0 aliphatic rings. The summed E-state index contributed by atoms with van der Waals surface area (Å²) in [6, 6.07) is 10.9. The molecule has 0 radical (unpaired) electrons. The van der Waals surface area contributed by atoms with E-state index in [0.717, 1.165) is 11.0 Å². The van der Waals surface area contributed by atoms with Gasteiger partial charge in [0.05, 0.1) is 29.4 Å². The molecule has 0 aliphatic heterocycles. The van der Waals surface area contributed by atoms with E-state index in [1.807, 2.05) is 35.8 Å². The van der Waals surface area contributed by atoms with Crippen molar-refractivity contribution in [1.82, 2.24) is 14.5 Å². The highest BCUT2D eigenvalue weighted by atomic mass is 32.1. The summed E-state index contributed by atoms with van der Waals surface area (Å²) in [5.74, 6) is 0.106. The zero-order valence-electron chi connectivity index (χ0n) is 15.0. The zero-order chi connectivity index (χ0) is 19.5. The van der Waals surface area contributed by atoms with E-state index in [9.17, 15) is 9.59 Å². The van der Waals surface area contributed by atoms with Crippen LogP contribution in [0.3, 0.4) is 0 Å². The van der Waals surface area contributed by atoms with Gasteiger partial charge in [0.2, 0.25) is 11.9 Å². The van der Waals surface area contributed by atoms with E-state index >= 15 is 0 Å². The van der Waals surface area contributed by atoms with Crippen LogP contribution in [0.2, 0.25) is 0 Å². The Hall–Kier alpha value is -3.46. The van der Waals surface area contributed by atoms with Crippen LogP contribution in [-0.2, 0) is 17.8 Å². The molecule has 3 heterocycles. The van der Waals surface area contributed by atoms with Crippen LogP contribution in [0, 0.1) is 0 Å². The van der Waals surface area contributed by atoms with E-state index in [4.69, 9.17) is 4.42 Å². The molecule has 2 amide bonds. The summed E-state index contributed by atoms with van der Waals surface area (Å²) in [6.07, 6.45) is 1.51. The molecule has 9 heteroatoms. The normalized spacial score (nSPS) is 10.9. The molecule has 142 valence electrons. The minimum absolute atomic E-state index is 0.0834. The molecule has 28 heavy (non-hydrogen) atoms. The van der Waals surface area contributed by atoms with Gasteiger partial charge in [-0.3, -0.25) is 20.2 Å². The van der Waals surface area contributed by atoms with Crippen LogP contribution < -0.4 is 10.6 Å². The lowest BCUT2D eigenvalue weighted by Gasteiger charge is -2.06. The Morgan fingerprint density at radius 2 is 2.00 bits per heavy atom. The number of carbonyl (C=O) groups is 2. The van der Waals surface area contributed by atoms with Gasteiger partial charge in [0, 0.05) is 11.9 Å². The second-order valence-corrected chi connectivity index (χ2v) is 6.83. The number of benzene rings is 1. The molecule has 0 atom stereocenters. The van der Waals surface area contributed by atoms with Crippen LogP contribution in [0.5, 0.6) is 0 Å². The summed E-state index contributed by atoms with van der Waals surface area (Å²) in [5, 5.41) is 7.64. The van der Waals surface area contributed by atoms with E-state index in [0.29, 0.717) is 23.3 Å². The average molecular weight is 395 g/mol. The van der Waals surface area contributed by atoms with Crippen LogP contribution in [0.25, 0.3) is 11.0 Å². The van der Waals surface area contributed by atoms with Gasteiger partial charge in [-0.05, 0) is 31.2 Å². The molecule has 1 aromatic carbocycles. The molecule has 3 aromatic heterocycles. The number of rotatable bonds is 6. The first-order chi connectivity index (χ1) is 13.6. The number of furan rings is 1. The van der Waals surface area contributed by atoms with Gasteiger partial charge in [0.25, 0.3) is 5.91 Å². The van der Waals surface area contributed by atoms with E-state index in [2.05, 4.69) is 20.6 Å². The number of para-hydroxylation sites is 2. The predicted octanol–water partition coefficient (Wildman–Crippen LogP) is 3.54. The number of hydrogen-bond donors (Lipinski definition) is 2. The van der Waals surface area contributed by atoms with E-state index in [1.54, 1.807) is 17.5 Å². The Labute approximate surface area is 164 Å². The third-order valence-corrected chi connectivity index (χ3v) is 4.89. The number of fused-ring (bicyclic) bond motifs is 1. The molecule has 0 saturated heterocycles. The topological polar surface area (TPSA) is 102 Å². The lowest BCUT2D eigenvalue weighted by Crippen LogP contribution is -2.18. The van der Waals surface area contributed by atoms with E-state index in [-0.39, 0.29) is 24.0 Å². The molecule has 0 bridgehead atoms. The molecule has 4 rings (SSSR count). The summed E-state index contributed by atoms with van der Waals surface area (Å²) >= 11 is 1.25. The van der Waals surface area contributed by atoms with Gasteiger partial charge in [-0.25, -0.2) is 9.97 Å². The van der Waals surface area contributed by atoms with E-state index < -0.39 is 0 Å². The fraction of sp³-hybridized carbons (Fsp3) is 0.158. The summed E-state index contributed by atoms with van der Waals surface area (Å²) in [7, 11) is 0. The third-order valence-electron chi connectivity index (χ3n) is 4.08. The van der Waals surface area contributed by atoms with Gasteiger partial charge < -0.3 is 8.98 Å². The summed E-state index contributed by atoms with van der Waals surface area (Å²) in [5.41, 5.74) is 2.37. The Morgan fingerprint density at radius 1 is 1.14 bits per heavy atom. The number of carbonyl (C=O) groups excluding carboxylic acids is 2. The third kappa shape index (κ3) is 3.65. The van der Waals surface area contributed by atoms with Gasteiger partial charge in [-0.15, -0.1) is 11.3 Å². The van der Waals surface area contributed by atoms with Crippen molar-refractivity contribution in [3.05, 3.63) is 59.5 Å². The SMILES string of the molecule is CCn1c(NC(=O)Cc2csc(NC(=O)c3ccco3)n2)nc2ccccc21. The Bertz CT molecular complexity index is 1130. The molecule has 0 fully saturated rings. The molecule has 0 aliphatic carbocycles. The second kappa shape index (κ2) is 7.65. The van der Waals surface area contributed by atoms with Crippen molar-refractivity contribution in [2.45, 2.75) is 19.9 Å². The first-order valence-electron chi connectivity index (χ1n) is 8.68. The Morgan fingerprint density at radius 3 is 2.79 bits per heavy atom. The number of nitrogens with one attached hydrogen (secondary N) is 2. The van der Waals surface area contributed by atoms with Crippen LogP contribution in [-0.4, -0.2) is 26.3 Å². The molecular weight excluding hydrogens is 378 g/mol. The predicted molar refractivity (Wildman–Crippen MR) is 107 cm³/mol. The lowest BCUT2D eigenvalue weighted by molar-refractivity contribution is -0.115. The minimum atomic E-state index is -0.382. The number of nitrogens with zero attached hydrogens (tertiary/aromatic N) is 3. The van der Waals surface area contributed by atoms with Crippen LogP contribution in [0.15, 0.2) is 52.5 Å². The largest absolute Gasteiger partial charge is 0.459 e. The maximum Gasteiger partial charge on any atom is 0.293 e.